The summed E-state index contributed by atoms with van der Waals surface area (Å²) in [5.74, 6) is -0.964. The number of hydrogen-bond acceptors (Lipinski definition) is 2. The number of rotatable bonds is 4. The highest BCUT2D eigenvalue weighted by Gasteiger charge is 2.48. The molecule has 0 bridgehead atoms. The second-order valence-corrected chi connectivity index (χ2v) is 7.28. The highest BCUT2D eigenvalue weighted by Crippen LogP contribution is 2.40. The van der Waals surface area contributed by atoms with Crippen LogP contribution in [0.15, 0.2) is 36.4 Å². The number of amides is 2. The first-order valence-corrected chi connectivity index (χ1v) is 8.74. The molecule has 130 valence electrons. The molecule has 0 heterocycles. The number of carbonyl (C=O) groups is 2. The molecule has 6 heteroatoms. The summed E-state index contributed by atoms with van der Waals surface area (Å²) in [5.41, 5.74) is 3.45. The van der Waals surface area contributed by atoms with E-state index in [1.54, 1.807) is 18.2 Å². The van der Waals surface area contributed by atoms with Gasteiger partial charge in [-0.25, -0.2) is 0 Å². The molecule has 1 aliphatic carbocycles. The molecule has 3 rings (SSSR count). The number of carbonyl (C=O) groups excluding carboxylic acids is 2. The Morgan fingerprint density at radius 2 is 1.52 bits per heavy atom. The smallest absolute Gasteiger partial charge is 0.228 e. The van der Waals surface area contributed by atoms with Gasteiger partial charge in [0.1, 0.15) is 0 Å². The lowest BCUT2D eigenvalue weighted by Gasteiger charge is -2.09. The predicted molar refractivity (Wildman–Crippen MR) is 101 cm³/mol. The fourth-order valence-corrected chi connectivity index (χ4v) is 3.34. The van der Waals surface area contributed by atoms with E-state index >= 15 is 0 Å². The van der Waals surface area contributed by atoms with Gasteiger partial charge < -0.3 is 10.6 Å². The quantitative estimate of drug-likeness (QED) is 0.802. The van der Waals surface area contributed by atoms with Crippen LogP contribution in [-0.4, -0.2) is 11.8 Å². The molecular weight excluding hydrogens is 359 g/mol. The van der Waals surface area contributed by atoms with Crippen LogP contribution in [0.2, 0.25) is 10.0 Å². The number of hydrogen-bond donors (Lipinski definition) is 2. The summed E-state index contributed by atoms with van der Waals surface area (Å²) >= 11 is 11.8. The molecule has 1 aliphatic rings. The molecule has 0 aromatic heterocycles. The summed E-state index contributed by atoms with van der Waals surface area (Å²) in [6.45, 7) is 3.95. The van der Waals surface area contributed by atoms with E-state index in [0.717, 1.165) is 16.8 Å². The van der Waals surface area contributed by atoms with Crippen molar-refractivity contribution in [1.82, 2.24) is 0 Å². The zero-order valence-corrected chi connectivity index (χ0v) is 15.4. The Hall–Kier alpha value is -2.04. The Morgan fingerprint density at radius 3 is 2.12 bits per heavy atom. The van der Waals surface area contributed by atoms with Crippen LogP contribution < -0.4 is 10.6 Å². The third kappa shape index (κ3) is 4.33. The van der Waals surface area contributed by atoms with Crippen LogP contribution in [0.5, 0.6) is 0 Å². The van der Waals surface area contributed by atoms with Gasteiger partial charge in [0.15, 0.2) is 0 Å². The van der Waals surface area contributed by atoms with Gasteiger partial charge in [0.25, 0.3) is 0 Å². The van der Waals surface area contributed by atoms with Crippen molar-refractivity contribution in [3.8, 4) is 0 Å². The van der Waals surface area contributed by atoms with Crippen molar-refractivity contribution in [1.29, 1.82) is 0 Å². The van der Waals surface area contributed by atoms with Crippen molar-refractivity contribution in [3.05, 3.63) is 57.6 Å². The normalized spacial score (nSPS) is 18.6. The fraction of sp³-hybridized carbons (Fsp3) is 0.263. The second kappa shape index (κ2) is 7.06. The van der Waals surface area contributed by atoms with E-state index in [9.17, 15) is 9.59 Å². The molecule has 1 saturated carbocycles. The maximum atomic E-state index is 12.4. The Morgan fingerprint density at radius 1 is 0.920 bits per heavy atom. The Bertz CT molecular complexity index is 831. The van der Waals surface area contributed by atoms with Gasteiger partial charge in [-0.05, 0) is 50.1 Å². The van der Waals surface area contributed by atoms with Crippen LogP contribution in [0.1, 0.15) is 17.5 Å². The molecule has 1 fully saturated rings. The van der Waals surface area contributed by atoms with Gasteiger partial charge in [0.05, 0.1) is 11.8 Å². The molecule has 2 N–H and O–H groups in total. The zero-order valence-electron chi connectivity index (χ0n) is 13.9. The molecule has 2 amide bonds. The predicted octanol–water partition coefficient (Wildman–Crippen LogP) is 4.82. The van der Waals surface area contributed by atoms with Crippen molar-refractivity contribution < 1.29 is 9.59 Å². The van der Waals surface area contributed by atoms with Gasteiger partial charge in [-0.2, -0.15) is 0 Å². The van der Waals surface area contributed by atoms with Crippen molar-refractivity contribution in [2.45, 2.75) is 20.3 Å². The van der Waals surface area contributed by atoms with E-state index in [1.165, 1.54) is 0 Å². The van der Waals surface area contributed by atoms with E-state index in [-0.39, 0.29) is 23.7 Å². The first-order chi connectivity index (χ1) is 11.8. The van der Waals surface area contributed by atoms with Crippen LogP contribution in [0, 0.1) is 25.7 Å². The number of aryl methyl sites for hydroxylation is 2. The van der Waals surface area contributed by atoms with Crippen molar-refractivity contribution in [2.75, 3.05) is 10.6 Å². The molecule has 2 aromatic carbocycles. The molecule has 2 aromatic rings. The summed E-state index contributed by atoms with van der Waals surface area (Å²) in [6, 6.07) is 10.7. The number of anilines is 2. The summed E-state index contributed by atoms with van der Waals surface area (Å²) in [7, 11) is 0. The van der Waals surface area contributed by atoms with Crippen molar-refractivity contribution in [2.24, 2.45) is 11.8 Å². The van der Waals surface area contributed by atoms with Gasteiger partial charge >= 0.3 is 0 Å². The molecule has 2 atom stereocenters. The molecule has 0 aliphatic heterocycles. The number of halogens is 2. The van der Waals surface area contributed by atoms with E-state index in [2.05, 4.69) is 10.6 Å². The lowest BCUT2D eigenvalue weighted by Crippen LogP contribution is -2.21. The highest BCUT2D eigenvalue weighted by molar-refractivity contribution is 6.35. The van der Waals surface area contributed by atoms with Gasteiger partial charge in [-0.3, -0.25) is 9.59 Å². The number of benzene rings is 2. The summed E-state index contributed by atoms with van der Waals surface area (Å²) < 4.78 is 0. The Labute approximate surface area is 156 Å². The third-order valence-electron chi connectivity index (χ3n) is 4.23. The fourth-order valence-electron chi connectivity index (χ4n) is 2.81. The van der Waals surface area contributed by atoms with Gasteiger partial charge in [0, 0.05) is 21.4 Å². The minimum absolute atomic E-state index is 0.128. The third-order valence-corrected chi connectivity index (χ3v) is 4.67. The van der Waals surface area contributed by atoms with Crippen LogP contribution >= 0.6 is 23.2 Å². The largest absolute Gasteiger partial charge is 0.326 e. The minimum Gasteiger partial charge on any atom is -0.326 e. The Balaban J connectivity index is 1.59. The minimum atomic E-state index is -0.330. The molecule has 4 nitrogen and oxygen atoms in total. The monoisotopic (exact) mass is 376 g/mol. The zero-order chi connectivity index (χ0) is 18.1. The van der Waals surface area contributed by atoms with Crippen LogP contribution in [-0.2, 0) is 9.59 Å². The standard InChI is InChI=1S/C19H18Cl2N2O2/c1-10-3-4-17(11(2)5-10)23-19(25)16-9-15(16)18(24)22-14-7-12(20)6-13(21)8-14/h3-8,15-16H,9H2,1-2H3,(H,22,24)(H,23,25). The van der Waals surface area contributed by atoms with Gasteiger partial charge in [-0.15, -0.1) is 0 Å². The van der Waals surface area contributed by atoms with E-state index in [0.29, 0.717) is 22.2 Å². The molecule has 25 heavy (non-hydrogen) atoms. The van der Waals surface area contributed by atoms with E-state index in [4.69, 9.17) is 23.2 Å². The van der Waals surface area contributed by atoms with Crippen LogP contribution in [0.3, 0.4) is 0 Å². The average molecular weight is 377 g/mol. The van der Waals surface area contributed by atoms with Crippen molar-refractivity contribution >= 4 is 46.4 Å². The van der Waals surface area contributed by atoms with Gasteiger partial charge in [0.2, 0.25) is 11.8 Å². The molecule has 0 saturated heterocycles. The molecule has 2 unspecified atom stereocenters. The average Bonchev–Trinajstić information content (AvgIpc) is 3.29. The molecular formula is C19H18Cl2N2O2. The highest BCUT2D eigenvalue weighted by atomic mass is 35.5. The summed E-state index contributed by atoms with van der Waals surface area (Å²) in [6.07, 6.45) is 0.539. The SMILES string of the molecule is Cc1ccc(NC(=O)C2CC2C(=O)Nc2cc(Cl)cc(Cl)c2)c(C)c1. The van der Waals surface area contributed by atoms with Crippen LogP contribution in [0.25, 0.3) is 0 Å². The first kappa shape index (κ1) is 17.8. The van der Waals surface area contributed by atoms with Crippen LogP contribution in [0.4, 0.5) is 11.4 Å². The maximum Gasteiger partial charge on any atom is 0.228 e. The lowest BCUT2D eigenvalue weighted by atomic mass is 10.1. The molecule has 0 radical (unpaired) electrons. The lowest BCUT2D eigenvalue weighted by molar-refractivity contribution is -0.122. The van der Waals surface area contributed by atoms with E-state index < -0.39 is 0 Å². The summed E-state index contributed by atoms with van der Waals surface area (Å²) in [5, 5.41) is 6.56. The topological polar surface area (TPSA) is 58.2 Å². The van der Waals surface area contributed by atoms with Gasteiger partial charge in [-0.1, -0.05) is 40.9 Å². The summed E-state index contributed by atoms with van der Waals surface area (Å²) in [4.78, 5) is 24.7. The molecule has 0 spiro atoms. The van der Waals surface area contributed by atoms with Crippen molar-refractivity contribution in [3.63, 3.8) is 0 Å². The maximum absolute atomic E-state index is 12.4. The van der Waals surface area contributed by atoms with E-state index in [1.807, 2.05) is 32.0 Å². The number of nitrogens with one attached hydrogen (secondary N) is 2. The Kier molecular flexibility index (Phi) is 5.02. The second-order valence-electron chi connectivity index (χ2n) is 6.40. The first-order valence-electron chi connectivity index (χ1n) is 7.98.